The lowest BCUT2D eigenvalue weighted by Gasteiger charge is -2.44. The number of hydrogen-bond acceptors (Lipinski definition) is 3. The molecule has 0 radical (unpaired) electrons. The van der Waals surface area contributed by atoms with Crippen LogP contribution < -0.4 is 0 Å². The van der Waals surface area contributed by atoms with Gasteiger partial charge in [-0.1, -0.05) is 12.1 Å². The van der Waals surface area contributed by atoms with E-state index in [-0.39, 0.29) is 17.6 Å². The number of ether oxygens (including phenoxy) is 2. The zero-order valence-electron chi connectivity index (χ0n) is 12.2. The van der Waals surface area contributed by atoms with Crippen LogP contribution in [0.1, 0.15) is 29.6 Å². The Morgan fingerprint density at radius 2 is 2.29 bits per heavy atom. The highest BCUT2D eigenvalue weighted by molar-refractivity contribution is 5.94. The highest BCUT2D eigenvalue weighted by atomic mass is 19.1. The van der Waals surface area contributed by atoms with Gasteiger partial charge in [-0.2, -0.15) is 0 Å². The van der Waals surface area contributed by atoms with Gasteiger partial charge in [0.1, 0.15) is 11.4 Å². The van der Waals surface area contributed by atoms with Gasteiger partial charge in [-0.3, -0.25) is 4.79 Å². The van der Waals surface area contributed by atoms with Crippen molar-refractivity contribution in [1.29, 1.82) is 0 Å². The first-order valence-corrected chi connectivity index (χ1v) is 7.37. The lowest BCUT2D eigenvalue weighted by molar-refractivity contribution is -0.137. The molecule has 1 aromatic rings. The highest BCUT2D eigenvalue weighted by Crippen LogP contribution is 2.36. The van der Waals surface area contributed by atoms with E-state index in [9.17, 15) is 9.18 Å². The third-order valence-electron chi connectivity index (χ3n) is 4.52. The number of benzene rings is 1. The monoisotopic (exact) mass is 293 g/mol. The minimum Gasteiger partial charge on any atom is -0.378 e. The van der Waals surface area contributed by atoms with Gasteiger partial charge in [0.05, 0.1) is 18.2 Å². The normalized spacial score (nSPS) is 29.0. The second-order valence-corrected chi connectivity index (χ2v) is 5.74. The molecule has 3 rings (SSSR count). The van der Waals surface area contributed by atoms with Gasteiger partial charge in [-0.25, -0.2) is 4.39 Å². The van der Waals surface area contributed by atoms with Crippen LogP contribution in [-0.4, -0.2) is 49.3 Å². The number of amides is 1. The summed E-state index contributed by atoms with van der Waals surface area (Å²) in [6, 6.07) is 6.12. The number of nitrogens with zero attached hydrogens (tertiary/aromatic N) is 1. The Labute approximate surface area is 123 Å². The van der Waals surface area contributed by atoms with Crippen molar-refractivity contribution in [2.45, 2.75) is 31.0 Å². The Hall–Kier alpha value is -1.46. The van der Waals surface area contributed by atoms with Crippen LogP contribution >= 0.6 is 0 Å². The summed E-state index contributed by atoms with van der Waals surface area (Å²) in [5.74, 6) is -0.740. The first kappa shape index (κ1) is 14.5. The number of carbonyl (C=O) groups is 1. The molecule has 114 valence electrons. The minimum atomic E-state index is -0.474. The first-order valence-electron chi connectivity index (χ1n) is 7.37. The van der Waals surface area contributed by atoms with Gasteiger partial charge in [0.25, 0.3) is 5.91 Å². The summed E-state index contributed by atoms with van der Waals surface area (Å²) in [5, 5.41) is 0. The summed E-state index contributed by atoms with van der Waals surface area (Å²) in [7, 11) is 1.68. The maximum Gasteiger partial charge on any atom is 0.256 e. The average molecular weight is 293 g/mol. The molecule has 2 atom stereocenters. The molecule has 0 N–H and O–H groups in total. The van der Waals surface area contributed by atoms with Crippen LogP contribution in [0.4, 0.5) is 4.39 Å². The number of hydrogen-bond donors (Lipinski definition) is 0. The number of piperidine rings is 1. The molecule has 1 aromatic carbocycles. The number of halogens is 1. The Kier molecular flexibility index (Phi) is 3.95. The van der Waals surface area contributed by atoms with Gasteiger partial charge in [0.15, 0.2) is 0 Å². The topological polar surface area (TPSA) is 38.8 Å². The Morgan fingerprint density at radius 3 is 2.95 bits per heavy atom. The predicted molar refractivity (Wildman–Crippen MR) is 75.6 cm³/mol. The second-order valence-electron chi connectivity index (χ2n) is 5.74. The van der Waals surface area contributed by atoms with Gasteiger partial charge in [0, 0.05) is 20.3 Å². The molecular formula is C16H20FNO3. The van der Waals surface area contributed by atoms with E-state index in [0.717, 1.165) is 19.3 Å². The smallest absolute Gasteiger partial charge is 0.256 e. The molecule has 2 heterocycles. The van der Waals surface area contributed by atoms with Gasteiger partial charge in [0.2, 0.25) is 0 Å². The Bertz CT molecular complexity index is 528. The lowest BCUT2D eigenvalue weighted by atomic mass is 9.86. The van der Waals surface area contributed by atoms with Crippen LogP contribution in [0.15, 0.2) is 24.3 Å². The van der Waals surface area contributed by atoms with Crippen molar-refractivity contribution in [3.63, 3.8) is 0 Å². The molecule has 0 bridgehead atoms. The molecule has 0 unspecified atom stereocenters. The van der Waals surface area contributed by atoms with Gasteiger partial charge < -0.3 is 14.4 Å². The fraction of sp³-hybridized carbons (Fsp3) is 0.562. The third-order valence-corrected chi connectivity index (χ3v) is 4.52. The van der Waals surface area contributed by atoms with E-state index in [2.05, 4.69) is 0 Å². The molecule has 2 saturated heterocycles. The molecule has 0 saturated carbocycles. The van der Waals surface area contributed by atoms with Crippen molar-refractivity contribution in [2.75, 3.05) is 26.8 Å². The fourth-order valence-corrected chi connectivity index (χ4v) is 3.45. The molecule has 2 aliphatic rings. The molecule has 1 amide bonds. The van der Waals surface area contributed by atoms with E-state index in [1.54, 1.807) is 24.1 Å². The number of methoxy groups -OCH3 is 1. The zero-order valence-corrected chi connectivity index (χ0v) is 12.2. The van der Waals surface area contributed by atoms with Crippen LogP contribution in [0.2, 0.25) is 0 Å². The minimum absolute atomic E-state index is 0.00432. The van der Waals surface area contributed by atoms with E-state index in [1.807, 2.05) is 0 Å². The molecule has 21 heavy (non-hydrogen) atoms. The van der Waals surface area contributed by atoms with E-state index in [4.69, 9.17) is 9.47 Å². The van der Waals surface area contributed by atoms with E-state index in [0.29, 0.717) is 19.7 Å². The van der Waals surface area contributed by atoms with Crippen LogP contribution in [0.3, 0.4) is 0 Å². The van der Waals surface area contributed by atoms with Crippen LogP contribution in [0.25, 0.3) is 0 Å². The second kappa shape index (κ2) is 5.73. The SMILES string of the molecule is CO[C@H]1CCN(C(=O)c2ccccc2F)C[C@@]12CCCO2. The maximum absolute atomic E-state index is 13.8. The van der Waals surface area contributed by atoms with Crippen molar-refractivity contribution >= 4 is 5.91 Å². The third kappa shape index (κ3) is 2.56. The average Bonchev–Trinajstić information content (AvgIpc) is 2.96. The van der Waals surface area contributed by atoms with Crippen molar-refractivity contribution < 1.29 is 18.7 Å². The standard InChI is InChI=1S/C16H20FNO3/c1-20-14-7-9-18(11-16(14)8-4-10-21-16)15(19)12-5-2-3-6-13(12)17/h2-3,5-6,14H,4,7-11H2,1H3/t14-,16-/m0/s1. The molecule has 5 heteroatoms. The molecule has 0 aromatic heterocycles. The quantitative estimate of drug-likeness (QED) is 0.839. The summed E-state index contributed by atoms with van der Waals surface area (Å²) < 4.78 is 25.3. The molecule has 4 nitrogen and oxygen atoms in total. The highest BCUT2D eigenvalue weighted by Gasteiger charge is 2.48. The van der Waals surface area contributed by atoms with Gasteiger partial charge >= 0.3 is 0 Å². The summed E-state index contributed by atoms with van der Waals surface area (Å²) in [6.45, 7) is 1.73. The summed E-state index contributed by atoms with van der Waals surface area (Å²) in [6.07, 6.45) is 2.58. The van der Waals surface area contributed by atoms with Crippen LogP contribution in [-0.2, 0) is 9.47 Å². The summed E-state index contributed by atoms with van der Waals surface area (Å²) in [5.41, 5.74) is -0.296. The maximum atomic E-state index is 13.8. The Balaban J connectivity index is 1.81. The van der Waals surface area contributed by atoms with Crippen LogP contribution in [0, 0.1) is 5.82 Å². The van der Waals surface area contributed by atoms with E-state index >= 15 is 0 Å². The Morgan fingerprint density at radius 1 is 1.48 bits per heavy atom. The predicted octanol–water partition coefficient (Wildman–Crippen LogP) is 2.24. The molecule has 0 aliphatic carbocycles. The summed E-state index contributed by atoms with van der Waals surface area (Å²) >= 11 is 0. The lowest BCUT2D eigenvalue weighted by Crippen LogP contribution is -2.58. The van der Waals surface area contributed by atoms with Gasteiger partial charge in [-0.15, -0.1) is 0 Å². The number of rotatable bonds is 2. The number of carbonyl (C=O) groups excluding carboxylic acids is 1. The van der Waals surface area contributed by atoms with Crippen LogP contribution in [0.5, 0.6) is 0 Å². The van der Waals surface area contributed by atoms with E-state index < -0.39 is 11.4 Å². The molecule has 1 spiro atoms. The largest absolute Gasteiger partial charge is 0.378 e. The van der Waals surface area contributed by atoms with Crippen molar-refractivity contribution in [2.24, 2.45) is 0 Å². The molecule has 2 aliphatic heterocycles. The van der Waals surface area contributed by atoms with E-state index in [1.165, 1.54) is 12.1 Å². The molecular weight excluding hydrogens is 273 g/mol. The zero-order chi connectivity index (χ0) is 14.9. The van der Waals surface area contributed by atoms with Gasteiger partial charge in [-0.05, 0) is 31.4 Å². The molecule has 2 fully saturated rings. The van der Waals surface area contributed by atoms with Crippen molar-refractivity contribution in [1.82, 2.24) is 4.90 Å². The summed E-state index contributed by atoms with van der Waals surface area (Å²) in [4.78, 5) is 14.2. The van der Waals surface area contributed by atoms with Crippen molar-refractivity contribution in [3.05, 3.63) is 35.6 Å². The fourth-order valence-electron chi connectivity index (χ4n) is 3.45. The first-order chi connectivity index (χ1) is 10.2. The number of likely N-dealkylation sites (tertiary alicyclic amines) is 1. The van der Waals surface area contributed by atoms with Crippen molar-refractivity contribution in [3.8, 4) is 0 Å².